The Morgan fingerprint density at radius 3 is 2.61 bits per heavy atom. The quantitative estimate of drug-likeness (QED) is 0.875. The van der Waals surface area contributed by atoms with Gasteiger partial charge in [-0.2, -0.15) is 4.98 Å². The molecule has 1 aromatic heterocycles. The van der Waals surface area contributed by atoms with Crippen LogP contribution < -0.4 is 10.1 Å². The number of ether oxygens (including phenoxy) is 1. The van der Waals surface area contributed by atoms with Gasteiger partial charge in [-0.3, -0.25) is 4.98 Å². The molecular formula is C14H17N3O. The maximum absolute atomic E-state index is 5.64. The molecule has 4 heteroatoms. The second-order valence-corrected chi connectivity index (χ2v) is 3.99. The van der Waals surface area contributed by atoms with Crippen molar-refractivity contribution in [2.24, 2.45) is 0 Å². The summed E-state index contributed by atoms with van der Waals surface area (Å²) in [5, 5.41) is 2.93. The molecule has 1 heterocycles. The molecule has 18 heavy (non-hydrogen) atoms. The van der Waals surface area contributed by atoms with Gasteiger partial charge < -0.3 is 10.1 Å². The van der Waals surface area contributed by atoms with Gasteiger partial charge in [0, 0.05) is 7.05 Å². The molecule has 4 nitrogen and oxygen atoms in total. The van der Waals surface area contributed by atoms with E-state index >= 15 is 0 Å². The zero-order valence-corrected chi connectivity index (χ0v) is 10.7. The number of benzene rings is 1. The number of anilines is 1. The Bertz CT molecular complexity index is 497. The first-order valence-corrected chi connectivity index (χ1v) is 6.08. The van der Waals surface area contributed by atoms with Gasteiger partial charge in [0.25, 0.3) is 0 Å². The molecule has 0 bridgehead atoms. The van der Waals surface area contributed by atoms with Gasteiger partial charge in [-0.05, 0) is 24.1 Å². The largest absolute Gasteiger partial charge is 0.437 e. The summed E-state index contributed by atoms with van der Waals surface area (Å²) in [5.41, 5.74) is 1.32. The van der Waals surface area contributed by atoms with Crippen molar-refractivity contribution in [3.63, 3.8) is 0 Å². The lowest BCUT2D eigenvalue weighted by molar-refractivity contribution is 0.461. The van der Waals surface area contributed by atoms with Crippen LogP contribution in [0.25, 0.3) is 0 Å². The zero-order valence-electron chi connectivity index (χ0n) is 10.7. The molecule has 1 aromatic carbocycles. The van der Waals surface area contributed by atoms with Crippen molar-refractivity contribution in [2.45, 2.75) is 19.8 Å². The summed E-state index contributed by atoms with van der Waals surface area (Å²) in [7, 11) is 1.80. The standard InChI is InChI=1S/C14H17N3O/c1-3-4-11-5-7-12(8-6-11)18-14-10-16-9-13(15-2)17-14/h5-10H,3-4H2,1-2H3,(H,15,17). The maximum Gasteiger partial charge on any atom is 0.239 e. The van der Waals surface area contributed by atoms with Crippen LogP contribution in [0.5, 0.6) is 11.6 Å². The van der Waals surface area contributed by atoms with Crippen LogP contribution in [0.15, 0.2) is 36.7 Å². The van der Waals surface area contributed by atoms with E-state index in [9.17, 15) is 0 Å². The first-order valence-electron chi connectivity index (χ1n) is 6.08. The Kier molecular flexibility index (Phi) is 4.12. The third kappa shape index (κ3) is 3.20. The van der Waals surface area contributed by atoms with E-state index in [2.05, 4.69) is 34.3 Å². The molecule has 0 saturated heterocycles. The van der Waals surface area contributed by atoms with Gasteiger partial charge in [0.15, 0.2) is 0 Å². The first kappa shape index (κ1) is 12.4. The van der Waals surface area contributed by atoms with Crippen LogP contribution in [0.3, 0.4) is 0 Å². The lowest BCUT2D eigenvalue weighted by Gasteiger charge is -2.06. The molecule has 0 spiro atoms. The zero-order chi connectivity index (χ0) is 12.8. The van der Waals surface area contributed by atoms with E-state index in [4.69, 9.17) is 4.74 Å². The fraction of sp³-hybridized carbons (Fsp3) is 0.286. The van der Waals surface area contributed by atoms with Crippen molar-refractivity contribution >= 4 is 5.82 Å². The minimum absolute atomic E-state index is 0.491. The van der Waals surface area contributed by atoms with Crippen molar-refractivity contribution in [3.8, 4) is 11.6 Å². The lowest BCUT2D eigenvalue weighted by Crippen LogP contribution is -1.95. The van der Waals surface area contributed by atoms with Crippen molar-refractivity contribution in [1.29, 1.82) is 0 Å². The topological polar surface area (TPSA) is 47.0 Å². The fourth-order valence-electron chi connectivity index (χ4n) is 1.65. The van der Waals surface area contributed by atoms with Gasteiger partial charge in [-0.1, -0.05) is 25.5 Å². The van der Waals surface area contributed by atoms with E-state index in [1.807, 2.05) is 12.1 Å². The van der Waals surface area contributed by atoms with E-state index in [1.54, 1.807) is 19.4 Å². The maximum atomic E-state index is 5.64. The van der Waals surface area contributed by atoms with Crippen LogP contribution >= 0.6 is 0 Å². The fourth-order valence-corrected chi connectivity index (χ4v) is 1.65. The highest BCUT2D eigenvalue weighted by atomic mass is 16.5. The number of nitrogens with zero attached hydrogens (tertiary/aromatic N) is 2. The molecule has 2 rings (SSSR count). The van der Waals surface area contributed by atoms with Crippen LogP contribution in [0, 0.1) is 0 Å². The number of rotatable bonds is 5. The van der Waals surface area contributed by atoms with Gasteiger partial charge in [0.05, 0.1) is 12.4 Å². The SMILES string of the molecule is CCCc1ccc(Oc2cncc(NC)n2)cc1. The lowest BCUT2D eigenvalue weighted by atomic mass is 10.1. The van der Waals surface area contributed by atoms with Gasteiger partial charge in [0.2, 0.25) is 5.88 Å². The first-order chi connectivity index (χ1) is 8.81. The summed E-state index contributed by atoms with van der Waals surface area (Å²) >= 11 is 0. The highest BCUT2D eigenvalue weighted by Gasteiger charge is 2.00. The summed E-state index contributed by atoms with van der Waals surface area (Å²) in [5.74, 6) is 1.96. The smallest absolute Gasteiger partial charge is 0.239 e. The van der Waals surface area contributed by atoms with Gasteiger partial charge in [0.1, 0.15) is 11.6 Å². The molecule has 0 unspecified atom stereocenters. The molecule has 0 atom stereocenters. The van der Waals surface area contributed by atoms with Crippen molar-refractivity contribution in [3.05, 3.63) is 42.2 Å². The minimum Gasteiger partial charge on any atom is -0.437 e. The average molecular weight is 243 g/mol. The number of aromatic nitrogens is 2. The molecule has 0 aliphatic carbocycles. The van der Waals surface area contributed by atoms with E-state index in [0.29, 0.717) is 11.7 Å². The highest BCUT2D eigenvalue weighted by molar-refractivity contribution is 5.35. The van der Waals surface area contributed by atoms with Crippen LogP contribution in [-0.4, -0.2) is 17.0 Å². The summed E-state index contributed by atoms with van der Waals surface area (Å²) in [6.07, 6.45) is 5.49. The molecule has 2 aromatic rings. The minimum atomic E-state index is 0.491. The van der Waals surface area contributed by atoms with Gasteiger partial charge in [-0.25, -0.2) is 0 Å². The Hall–Kier alpha value is -2.10. The van der Waals surface area contributed by atoms with Crippen LogP contribution in [0.4, 0.5) is 5.82 Å². The number of aryl methyl sites for hydroxylation is 1. The summed E-state index contributed by atoms with van der Waals surface area (Å²) < 4.78 is 5.64. The number of hydrogen-bond acceptors (Lipinski definition) is 4. The third-order valence-corrected chi connectivity index (χ3v) is 2.55. The van der Waals surface area contributed by atoms with Crippen molar-refractivity contribution < 1.29 is 4.74 Å². The van der Waals surface area contributed by atoms with E-state index < -0.39 is 0 Å². The second kappa shape index (κ2) is 6.00. The number of nitrogens with one attached hydrogen (secondary N) is 1. The van der Waals surface area contributed by atoms with E-state index in [1.165, 1.54) is 5.56 Å². The van der Waals surface area contributed by atoms with E-state index in [-0.39, 0.29) is 0 Å². The van der Waals surface area contributed by atoms with Crippen LogP contribution in [-0.2, 0) is 6.42 Å². The molecule has 0 amide bonds. The monoisotopic (exact) mass is 243 g/mol. The van der Waals surface area contributed by atoms with Gasteiger partial charge in [-0.15, -0.1) is 0 Å². The summed E-state index contributed by atoms with van der Waals surface area (Å²) in [4.78, 5) is 8.30. The molecule has 0 radical (unpaired) electrons. The van der Waals surface area contributed by atoms with Gasteiger partial charge >= 0.3 is 0 Å². The Morgan fingerprint density at radius 2 is 1.94 bits per heavy atom. The van der Waals surface area contributed by atoms with Crippen LogP contribution in [0.2, 0.25) is 0 Å². The van der Waals surface area contributed by atoms with Crippen LogP contribution in [0.1, 0.15) is 18.9 Å². The molecule has 94 valence electrons. The predicted molar refractivity (Wildman–Crippen MR) is 72.1 cm³/mol. The molecule has 1 N–H and O–H groups in total. The molecule has 0 fully saturated rings. The second-order valence-electron chi connectivity index (χ2n) is 3.99. The normalized spacial score (nSPS) is 10.1. The predicted octanol–water partition coefficient (Wildman–Crippen LogP) is 3.26. The summed E-state index contributed by atoms with van der Waals surface area (Å²) in [6.45, 7) is 2.17. The van der Waals surface area contributed by atoms with Crippen molar-refractivity contribution in [1.82, 2.24) is 9.97 Å². The average Bonchev–Trinajstić information content (AvgIpc) is 2.42. The Labute approximate surface area is 107 Å². The highest BCUT2D eigenvalue weighted by Crippen LogP contribution is 2.20. The molecular weight excluding hydrogens is 226 g/mol. The molecule has 0 saturated carbocycles. The van der Waals surface area contributed by atoms with Crippen molar-refractivity contribution in [2.75, 3.05) is 12.4 Å². The number of hydrogen-bond donors (Lipinski definition) is 1. The molecule has 0 aliphatic rings. The third-order valence-electron chi connectivity index (χ3n) is 2.55. The molecule has 0 aliphatic heterocycles. The Balaban J connectivity index is 2.08. The summed E-state index contributed by atoms with van der Waals surface area (Å²) in [6, 6.07) is 8.07. The van der Waals surface area contributed by atoms with E-state index in [0.717, 1.165) is 18.6 Å². The Morgan fingerprint density at radius 1 is 1.17 bits per heavy atom.